The highest BCUT2D eigenvalue weighted by atomic mass is 35.5. The molecule has 1 unspecified atom stereocenters. The maximum Gasteiger partial charge on any atom is 0.229 e. The zero-order chi connectivity index (χ0) is 18.1. The molecule has 1 aliphatic heterocycles. The highest BCUT2D eigenvalue weighted by Gasteiger charge is 2.36. The summed E-state index contributed by atoms with van der Waals surface area (Å²) >= 11 is 12.2. The van der Waals surface area contributed by atoms with Gasteiger partial charge in [-0.05, 0) is 49.2 Å². The van der Waals surface area contributed by atoms with Crippen molar-refractivity contribution in [3.63, 3.8) is 0 Å². The maximum atomic E-state index is 12.5. The van der Waals surface area contributed by atoms with E-state index in [1.54, 1.807) is 18.2 Å². The first-order valence-electron chi connectivity index (χ1n) is 7.99. The molecule has 130 valence electrons. The van der Waals surface area contributed by atoms with Gasteiger partial charge in [0, 0.05) is 18.7 Å². The van der Waals surface area contributed by atoms with E-state index in [0.29, 0.717) is 15.7 Å². The van der Waals surface area contributed by atoms with Crippen molar-refractivity contribution in [3.8, 4) is 0 Å². The predicted molar refractivity (Wildman–Crippen MR) is 101 cm³/mol. The average molecular weight is 377 g/mol. The Labute approximate surface area is 156 Å². The van der Waals surface area contributed by atoms with Gasteiger partial charge in [0.15, 0.2) is 0 Å². The van der Waals surface area contributed by atoms with Gasteiger partial charge in [0.25, 0.3) is 0 Å². The molecule has 1 N–H and O–H groups in total. The van der Waals surface area contributed by atoms with Gasteiger partial charge in [-0.2, -0.15) is 0 Å². The minimum absolute atomic E-state index is 0.135. The molecule has 1 heterocycles. The highest BCUT2D eigenvalue weighted by Crippen LogP contribution is 2.35. The van der Waals surface area contributed by atoms with Crippen LogP contribution in [0, 0.1) is 19.8 Å². The second-order valence-corrected chi connectivity index (χ2v) is 7.05. The number of carbonyl (C=O) groups is 2. The second kappa shape index (κ2) is 7.06. The number of hydrogen-bond acceptors (Lipinski definition) is 2. The molecule has 1 aliphatic rings. The van der Waals surface area contributed by atoms with Crippen LogP contribution < -0.4 is 10.2 Å². The first-order valence-corrected chi connectivity index (χ1v) is 8.75. The Morgan fingerprint density at radius 1 is 1.16 bits per heavy atom. The molecule has 1 atom stereocenters. The van der Waals surface area contributed by atoms with Crippen molar-refractivity contribution in [2.24, 2.45) is 5.92 Å². The number of aryl methyl sites for hydroxylation is 2. The van der Waals surface area contributed by atoms with Gasteiger partial charge in [-0.1, -0.05) is 35.3 Å². The Morgan fingerprint density at radius 2 is 1.92 bits per heavy atom. The number of nitrogens with zero attached hydrogens (tertiary/aromatic N) is 1. The topological polar surface area (TPSA) is 49.4 Å². The second-order valence-electron chi connectivity index (χ2n) is 6.27. The third kappa shape index (κ3) is 3.65. The lowest BCUT2D eigenvalue weighted by Gasteiger charge is -2.18. The molecule has 2 aromatic rings. The van der Waals surface area contributed by atoms with Crippen LogP contribution in [0.4, 0.5) is 11.4 Å². The lowest BCUT2D eigenvalue weighted by Crippen LogP contribution is -2.28. The van der Waals surface area contributed by atoms with Crippen molar-refractivity contribution in [2.45, 2.75) is 20.3 Å². The van der Waals surface area contributed by atoms with Crippen molar-refractivity contribution < 1.29 is 9.59 Å². The molecule has 0 aliphatic carbocycles. The Kier molecular flexibility index (Phi) is 5.02. The van der Waals surface area contributed by atoms with E-state index >= 15 is 0 Å². The number of carbonyl (C=O) groups excluding carboxylic acids is 2. The summed E-state index contributed by atoms with van der Waals surface area (Å²) in [5.74, 6) is -0.731. The number of nitrogens with one attached hydrogen (secondary N) is 1. The van der Waals surface area contributed by atoms with Crippen LogP contribution in [-0.2, 0) is 9.59 Å². The van der Waals surface area contributed by atoms with Crippen LogP contribution in [-0.4, -0.2) is 18.4 Å². The molecule has 4 nitrogen and oxygen atoms in total. The van der Waals surface area contributed by atoms with Gasteiger partial charge in [0.1, 0.15) is 0 Å². The lowest BCUT2D eigenvalue weighted by molar-refractivity contribution is -0.122. The molecule has 3 rings (SSSR count). The number of hydrogen-bond donors (Lipinski definition) is 1. The fourth-order valence-electron chi connectivity index (χ4n) is 2.88. The van der Waals surface area contributed by atoms with Gasteiger partial charge in [-0.3, -0.25) is 9.59 Å². The Hall–Kier alpha value is -2.04. The van der Waals surface area contributed by atoms with Crippen molar-refractivity contribution in [3.05, 3.63) is 57.6 Å². The molecule has 1 saturated heterocycles. The summed E-state index contributed by atoms with van der Waals surface area (Å²) in [6.07, 6.45) is 0.152. The van der Waals surface area contributed by atoms with E-state index in [0.717, 1.165) is 16.8 Å². The van der Waals surface area contributed by atoms with E-state index in [1.165, 1.54) is 4.90 Å². The smallest absolute Gasteiger partial charge is 0.229 e. The van der Waals surface area contributed by atoms with E-state index in [1.807, 2.05) is 32.0 Å². The van der Waals surface area contributed by atoms with Crippen molar-refractivity contribution in [2.75, 3.05) is 16.8 Å². The minimum atomic E-state index is -0.427. The van der Waals surface area contributed by atoms with Crippen LogP contribution in [0.1, 0.15) is 17.5 Å². The van der Waals surface area contributed by atoms with Gasteiger partial charge in [-0.15, -0.1) is 0 Å². The lowest BCUT2D eigenvalue weighted by atomic mass is 10.1. The van der Waals surface area contributed by atoms with Gasteiger partial charge in [0.2, 0.25) is 11.8 Å². The summed E-state index contributed by atoms with van der Waals surface area (Å²) in [6.45, 7) is 4.30. The highest BCUT2D eigenvalue weighted by molar-refractivity contribution is 6.44. The molecule has 6 heteroatoms. The number of anilines is 2. The van der Waals surface area contributed by atoms with Crippen LogP contribution in [0.5, 0.6) is 0 Å². The van der Waals surface area contributed by atoms with Crippen molar-refractivity contribution in [1.29, 1.82) is 0 Å². The number of rotatable bonds is 3. The summed E-state index contributed by atoms with van der Waals surface area (Å²) in [6, 6.07) is 10.9. The maximum absolute atomic E-state index is 12.5. The quantitative estimate of drug-likeness (QED) is 0.850. The standard InChI is InChI=1S/C19H18Cl2N2O2/c1-11-6-7-14(8-12(11)2)22-19(25)13-9-17(24)23(10-13)16-5-3-4-15(20)18(16)21/h3-8,13H,9-10H2,1-2H3,(H,22,25). The predicted octanol–water partition coefficient (Wildman–Crippen LogP) is 4.60. The van der Waals surface area contributed by atoms with Crippen LogP contribution in [0.2, 0.25) is 10.0 Å². The number of halogens is 2. The molecule has 2 aromatic carbocycles. The minimum Gasteiger partial charge on any atom is -0.326 e. The first-order chi connectivity index (χ1) is 11.9. The zero-order valence-corrected chi connectivity index (χ0v) is 15.5. The Balaban J connectivity index is 1.74. The van der Waals surface area contributed by atoms with Gasteiger partial charge >= 0.3 is 0 Å². The molecule has 2 amide bonds. The Morgan fingerprint density at radius 3 is 2.64 bits per heavy atom. The molecular formula is C19H18Cl2N2O2. The molecule has 25 heavy (non-hydrogen) atoms. The SMILES string of the molecule is Cc1ccc(NC(=O)C2CC(=O)N(c3cccc(Cl)c3Cl)C2)cc1C. The van der Waals surface area contributed by atoms with E-state index in [2.05, 4.69) is 5.32 Å². The third-order valence-electron chi connectivity index (χ3n) is 4.49. The van der Waals surface area contributed by atoms with E-state index in [4.69, 9.17) is 23.2 Å². The monoisotopic (exact) mass is 376 g/mol. The largest absolute Gasteiger partial charge is 0.326 e. The molecular weight excluding hydrogens is 359 g/mol. The Bertz CT molecular complexity index is 851. The van der Waals surface area contributed by atoms with Gasteiger partial charge in [-0.25, -0.2) is 0 Å². The third-order valence-corrected chi connectivity index (χ3v) is 5.30. The summed E-state index contributed by atoms with van der Waals surface area (Å²) in [4.78, 5) is 26.4. The first kappa shape index (κ1) is 17.8. The molecule has 0 radical (unpaired) electrons. The fourth-order valence-corrected chi connectivity index (χ4v) is 3.28. The number of amides is 2. The summed E-state index contributed by atoms with van der Waals surface area (Å²) in [7, 11) is 0. The number of benzene rings is 2. The molecule has 0 bridgehead atoms. The van der Waals surface area contributed by atoms with E-state index in [9.17, 15) is 9.59 Å². The molecule has 0 saturated carbocycles. The summed E-state index contributed by atoms with van der Waals surface area (Å²) in [5, 5.41) is 3.60. The zero-order valence-electron chi connectivity index (χ0n) is 14.0. The normalized spacial score (nSPS) is 17.0. The van der Waals surface area contributed by atoms with E-state index in [-0.39, 0.29) is 24.8 Å². The van der Waals surface area contributed by atoms with E-state index < -0.39 is 5.92 Å². The summed E-state index contributed by atoms with van der Waals surface area (Å²) < 4.78 is 0. The summed E-state index contributed by atoms with van der Waals surface area (Å²) in [5.41, 5.74) is 3.55. The fraction of sp³-hybridized carbons (Fsp3) is 0.263. The van der Waals surface area contributed by atoms with Gasteiger partial charge < -0.3 is 10.2 Å². The van der Waals surface area contributed by atoms with Gasteiger partial charge in [0.05, 0.1) is 21.7 Å². The molecule has 0 spiro atoms. The molecule has 1 fully saturated rings. The van der Waals surface area contributed by atoms with Crippen molar-refractivity contribution >= 4 is 46.4 Å². The van der Waals surface area contributed by atoms with Crippen molar-refractivity contribution in [1.82, 2.24) is 0 Å². The average Bonchev–Trinajstić information content (AvgIpc) is 2.95. The van der Waals surface area contributed by atoms with Crippen LogP contribution in [0.25, 0.3) is 0 Å². The van der Waals surface area contributed by atoms with Crippen LogP contribution in [0.3, 0.4) is 0 Å². The molecule has 0 aromatic heterocycles. The van der Waals surface area contributed by atoms with Crippen LogP contribution in [0.15, 0.2) is 36.4 Å². The van der Waals surface area contributed by atoms with Crippen LogP contribution >= 0.6 is 23.2 Å².